The minimum absolute atomic E-state index is 0.0814. The summed E-state index contributed by atoms with van der Waals surface area (Å²) in [4.78, 5) is 11.1. The van der Waals surface area contributed by atoms with Crippen molar-refractivity contribution in [2.24, 2.45) is 11.7 Å². The Labute approximate surface area is 67.9 Å². The van der Waals surface area contributed by atoms with Crippen LogP contribution in [0.3, 0.4) is 0 Å². The Bertz CT molecular complexity index is 123. The molecule has 1 unspecified atom stereocenters. The van der Waals surface area contributed by atoms with Crippen molar-refractivity contribution < 1.29 is 9.53 Å². The number of hydrogen-bond donors (Lipinski definition) is 1. The molecular weight excluding hydrogens is 142 g/mol. The lowest BCUT2D eigenvalue weighted by Crippen LogP contribution is -2.29. The Kier molecular flexibility index (Phi) is 5.07. The summed E-state index contributed by atoms with van der Waals surface area (Å²) in [6.45, 7) is 4.21. The molecule has 0 rings (SSSR count). The third-order valence-electron chi connectivity index (χ3n) is 1.49. The molecule has 0 heterocycles. The van der Waals surface area contributed by atoms with Crippen LogP contribution in [-0.4, -0.2) is 25.5 Å². The molecule has 0 saturated heterocycles. The Morgan fingerprint density at radius 1 is 1.55 bits per heavy atom. The van der Waals surface area contributed by atoms with Crippen LogP contribution in [-0.2, 0) is 9.53 Å². The van der Waals surface area contributed by atoms with Gasteiger partial charge in [-0.05, 0) is 0 Å². The normalized spacial score (nSPS) is 13.5. The summed E-state index contributed by atoms with van der Waals surface area (Å²) in [5.74, 6) is 0.285. The summed E-state index contributed by atoms with van der Waals surface area (Å²) in [6, 6.07) is -0.144. The predicted molar refractivity (Wildman–Crippen MR) is 44.3 cm³/mol. The van der Waals surface area contributed by atoms with Gasteiger partial charge in [0.1, 0.15) is 5.78 Å². The molecule has 0 aromatic heterocycles. The van der Waals surface area contributed by atoms with Gasteiger partial charge < -0.3 is 10.5 Å². The summed E-state index contributed by atoms with van der Waals surface area (Å²) < 4.78 is 4.81. The molecule has 0 bridgehead atoms. The van der Waals surface area contributed by atoms with Crippen molar-refractivity contribution in [3.05, 3.63) is 0 Å². The SMILES string of the molecule is COCC(N)CC(=O)C(C)C. The van der Waals surface area contributed by atoms with Crippen LogP contribution in [0.1, 0.15) is 20.3 Å². The second kappa shape index (κ2) is 5.27. The molecule has 3 nitrogen and oxygen atoms in total. The molecule has 0 aliphatic heterocycles. The van der Waals surface area contributed by atoms with Crippen LogP contribution in [0, 0.1) is 5.92 Å². The average molecular weight is 159 g/mol. The van der Waals surface area contributed by atoms with Crippen LogP contribution >= 0.6 is 0 Å². The lowest BCUT2D eigenvalue weighted by Gasteiger charge is -2.10. The van der Waals surface area contributed by atoms with Crippen molar-refractivity contribution >= 4 is 5.78 Å². The predicted octanol–water partition coefficient (Wildman–Crippen LogP) is 0.575. The topological polar surface area (TPSA) is 52.3 Å². The highest BCUT2D eigenvalue weighted by atomic mass is 16.5. The lowest BCUT2D eigenvalue weighted by molar-refractivity contribution is -0.122. The average Bonchev–Trinajstić information content (AvgIpc) is 1.87. The van der Waals surface area contributed by atoms with Gasteiger partial charge in [0.25, 0.3) is 0 Å². The zero-order valence-electron chi connectivity index (χ0n) is 7.46. The fourth-order valence-corrected chi connectivity index (χ4v) is 0.767. The third-order valence-corrected chi connectivity index (χ3v) is 1.49. The number of Topliss-reactive ketones (excluding diaryl/α,β-unsaturated/α-hetero) is 1. The van der Waals surface area contributed by atoms with Gasteiger partial charge in [-0.15, -0.1) is 0 Å². The number of nitrogens with two attached hydrogens (primary N) is 1. The minimum Gasteiger partial charge on any atom is -0.383 e. The molecule has 0 aromatic carbocycles. The van der Waals surface area contributed by atoms with E-state index in [1.807, 2.05) is 13.8 Å². The van der Waals surface area contributed by atoms with E-state index in [-0.39, 0.29) is 17.7 Å². The lowest BCUT2D eigenvalue weighted by atomic mass is 10.0. The quantitative estimate of drug-likeness (QED) is 0.638. The molecule has 0 amide bonds. The van der Waals surface area contributed by atoms with Crippen LogP contribution in [0.2, 0.25) is 0 Å². The molecular formula is C8H17NO2. The van der Waals surface area contributed by atoms with Crippen LogP contribution in [0.5, 0.6) is 0 Å². The van der Waals surface area contributed by atoms with Gasteiger partial charge in [-0.1, -0.05) is 13.8 Å². The molecule has 11 heavy (non-hydrogen) atoms. The van der Waals surface area contributed by atoms with Gasteiger partial charge in [0.05, 0.1) is 6.61 Å². The first kappa shape index (κ1) is 10.6. The van der Waals surface area contributed by atoms with Crippen molar-refractivity contribution in [2.45, 2.75) is 26.3 Å². The summed E-state index contributed by atoms with van der Waals surface area (Å²) in [7, 11) is 1.58. The van der Waals surface area contributed by atoms with Crippen LogP contribution in [0.4, 0.5) is 0 Å². The van der Waals surface area contributed by atoms with Crippen molar-refractivity contribution in [1.29, 1.82) is 0 Å². The van der Waals surface area contributed by atoms with Gasteiger partial charge in [0.2, 0.25) is 0 Å². The number of ether oxygens (including phenoxy) is 1. The van der Waals surface area contributed by atoms with Crippen LogP contribution in [0.15, 0.2) is 0 Å². The first-order valence-corrected chi connectivity index (χ1v) is 3.85. The van der Waals surface area contributed by atoms with Gasteiger partial charge in [0.15, 0.2) is 0 Å². The zero-order chi connectivity index (χ0) is 8.85. The summed E-state index contributed by atoms with van der Waals surface area (Å²) in [6.07, 6.45) is 0.422. The molecule has 0 spiro atoms. The number of ketones is 1. The molecule has 2 N–H and O–H groups in total. The van der Waals surface area contributed by atoms with E-state index in [9.17, 15) is 4.79 Å². The van der Waals surface area contributed by atoms with Crippen molar-refractivity contribution in [2.75, 3.05) is 13.7 Å². The molecule has 0 fully saturated rings. The van der Waals surface area contributed by atoms with Gasteiger partial charge in [-0.3, -0.25) is 4.79 Å². The van der Waals surface area contributed by atoms with Crippen LogP contribution < -0.4 is 5.73 Å². The van der Waals surface area contributed by atoms with E-state index in [1.165, 1.54) is 0 Å². The number of rotatable bonds is 5. The number of hydrogen-bond acceptors (Lipinski definition) is 3. The van der Waals surface area contributed by atoms with Crippen molar-refractivity contribution in [3.8, 4) is 0 Å². The van der Waals surface area contributed by atoms with E-state index in [2.05, 4.69) is 0 Å². The molecule has 0 saturated carbocycles. The standard InChI is InChI=1S/C8H17NO2/c1-6(2)8(10)4-7(9)5-11-3/h6-7H,4-5,9H2,1-3H3. The molecule has 1 atom stereocenters. The number of methoxy groups -OCH3 is 1. The smallest absolute Gasteiger partial charge is 0.137 e. The fourth-order valence-electron chi connectivity index (χ4n) is 0.767. The van der Waals surface area contributed by atoms with Crippen molar-refractivity contribution in [3.63, 3.8) is 0 Å². The second-order valence-electron chi connectivity index (χ2n) is 3.04. The van der Waals surface area contributed by atoms with E-state index >= 15 is 0 Å². The van der Waals surface area contributed by atoms with Gasteiger partial charge in [-0.2, -0.15) is 0 Å². The highest BCUT2D eigenvalue weighted by Crippen LogP contribution is 2.00. The van der Waals surface area contributed by atoms with Crippen LogP contribution in [0.25, 0.3) is 0 Å². The Hall–Kier alpha value is -0.410. The monoisotopic (exact) mass is 159 g/mol. The maximum Gasteiger partial charge on any atom is 0.137 e. The highest BCUT2D eigenvalue weighted by molar-refractivity contribution is 5.80. The third kappa shape index (κ3) is 4.93. The first-order valence-electron chi connectivity index (χ1n) is 3.85. The first-order chi connectivity index (χ1) is 5.07. The molecule has 66 valence electrons. The Morgan fingerprint density at radius 3 is 2.45 bits per heavy atom. The van der Waals surface area contributed by atoms with Gasteiger partial charge in [-0.25, -0.2) is 0 Å². The molecule has 0 aromatic rings. The van der Waals surface area contributed by atoms with E-state index in [0.717, 1.165) is 0 Å². The number of carbonyl (C=O) groups is 1. The van der Waals surface area contributed by atoms with E-state index in [0.29, 0.717) is 13.0 Å². The van der Waals surface area contributed by atoms with Gasteiger partial charge >= 0.3 is 0 Å². The second-order valence-corrected chi connectivity index (χ2v) is 3.04. The van der Waals surface area contributed by atoms with Gasteiger partial charge in [0, 0.05) is 25.5 Å². The largest absolute Gasteiger partial charge is 0.383 e. The summed E-state index contributed by atoms with van der Waals surface area (Å²) >= 11 is 0. The molecule has 0 aliphatic rings. The van der Waals surface area contributed by atoms with E-state index in [4.69, 9.17) is 10.5 Å². The van der Waals surface area contributed by atoms with Crippen molar-refractivity contribution in [1.82, 2.24) is 0 Å². The number of carbonyl (C=O) groups excluding carboxylic acids is 1. The molecule has 0 radical (unpaired) electrons. The fraction of sp³-hybridized carbons (Fsp3) is 0.875. The highest BCUT2D eigenvalue weighted by Gasteiger charge is 2.11. The van der Waals surface area contributed by atoms with E-state index in [1.54, 1.807) is 7.11 Å². The maximum atomic E-state index is 11.1. The summed E-state index contributed by atoms with van der Waals surface area (Å²) in [5, 5.41) is 0. The van der Waals surface area contributed by atoms with E-state index < -0.39 is 0 Å². The summed E-state index contributed by atoms with van der Waals surface area (Å²) in [5.41, 5.74) is 5.58. The maximum absolute atomic E-state index is 11.1. The Morgan fingerprint density at radius 2 is 2.09 bits per heavy atom. The minimum atomic E-state index is -0.144. The Balaban J connectivity index is 3.57. The molecule has 0 aliphatic carbocycles. The zero-order valence-corrected chi connectivity index (χ0v) is 7.46. The molecule has 3 heteroatoms.